The lowest BCUT2D eigenvalue weighted by molar-refractivity contribution is -0.124. The Bertz CT molecular complexity index is 1030. The lowest BCUT2D eigenvalue weighted by Crippen LogP contribution is -2.23. The molecule has 0 saturated heterocycles. The molecule has 0 aliphatic heterocycles. The highest BCUT2D eigenvalue weighted by atomic mass is 16.2. The lowest BCUT2D eigenvalue weighted by Gasteiger charge is -2.16. The molecule has 1 aromatic heterocycles. The van der Waals surface area contributed by atoms with Gasteiger partial charge in [-0.1, -0.05) is 67.6 Å². The number of hydrogen-bond acceptors (Lipinski definition) is 3. The van der Waals surface area contributed by atoms with Gasteiger partial charge in [-0.05, 0) is 55.5 Å². The van der Waals surface area contributed by atoms with E-state index in [4.69, 9.17) is 0 Å². The van der Waals surface area contributed by atoms with Crippen molar-refractivity contribution in [1.29, 1.82) is 0 Å². The van der Waals surface area contributed by atoms with Gasteiger partial charge < -0.3 is 10.2 Å². The number of pyridine rings is 1. The monoisotopic (exact) mass is 443 g/mol. The molecule has 1 N–H and O–H groups in total. The maximum Gasteiger partial charge on any atom is 0.253 e. The van der Waals surface area contributed by atoms with Gasteiger partial charge >= 0.3 is 0 Å². The van der Waals surface area contributed by atoms with Crippen LogP contribution in [0.2, 0.25) is 0 Å². The van der Waals surface area contributed by atoms with Crippen LogP contribution in [0.4, 0.5) is 0 Å². The first kappa shape index (κ1) is 25.5. The van der Waals surface area contributed by atoms with Gasteiger partial charge in [0.25, 0.3) is 5.91 Å². The van der Waals surface area contributed by atoms with Crippen molar-refractivity contribution in [3.63, 3.8) is 0 Å². The molecule has 0 atom stereocenters. The van der Waals surface area contributed by atoms with Crippen molar-refractivity contribution < 1.29 is 9.59 Å². The SMILES string of the molecule is C=CN(Cc1ccc(Cc2cncc(C(=O)NC/C=C(C)/C=C/CC)c2)cc1)C(=O)/C=C\C. The quantitative estimate of drug-likeness (QED) is 0.375. The highest BCUT2D eigenvalue weighted by Crippen LogP contribution is 2.13. The molecule has 0 aliphatic carbocycles. The second-order valence-electron chi connectivity index (χ2n) is 7.69. The summed E-state index contributed by atoms with van der Waals surface area (Å²) in [7, 11) is 0. The summed E-state index contributed by atoms with van der Waals surface area (Å²) in [6, 6.07) is 9.93. The number of allylic oxidation sites excluding steroid dienone is 4. The third-order valence-electron chi connectivity index (χ3n) is 4.96. The number of nitrogens with one attached hydrogen (secondary N) is 1. The van der Waals surface area contributed by atoms with Crippen molar-refractivity contribution in [2.75, 3.05) is 6.54 Å². The number of aromatic nitrogens is 1. The third-order valence-corrected chi connectivity index (χ3v) is 4.96. The second-order valence-corrected chi connectivity index (χ2v) is 7.69. The highest BCUT2D eigenvalue weighted by Gasteiger charge is 2.09. The zero-order valence-electron chi connectivity index (χ0n) is 19.8. The van der Waals surface area contributed by atoms with Crippen molar-refractivity contribution >= 4 is 11.8 Å². The Morgan fingerprint density at radius 1 is 1.09 bits per heavy atom. The second kappa shape index (κ2) is 13.6. The Hall–Kier alpha value is -3.73. The maximum absolute atomic E-state index is 12.5. The van der Waals surface area contributed by atoms with E-state index >= 15 is 0 Å². The summed E-state index contributed by atoms with van der Waals surface area (Å²) in [6.45, 7) is 10.6. The fourth-order valence-electron chi connectivity index (χ4n) is 3.15. The molecule has 172 valence electrons. The summed E-state index contributed by atoms with van der Waals surface area (Å²) in [5.74, 6) is -0.237. The minimum atomic E-state index is -0.140. The Labute approximate surface area is 197 Å². The number of rotatable bonds is 11. The molecule has 0 aliphatic rings. The van der Waals surface area contributed by atoms with Gasteiger partial charge in [-0.2, -0.15) is 0 Å². The van der Waals surface area contributed by atoms with E-state index in [9.17, 15) is 9.59 Å². The summed E-state index contributed by atoms with van der Waals surface area (Å²) in [5.41, 5.74) is 4.74. The average Bonchev–Trinajstić information content (AvgIpc) is 2.82. The van der Waals surface area contributed by atoms with Gasteiger partial charge in [0.2, 0.25) is 5.91 Å². The standard InChI is InChI=1S/C28H33N3O2/c1-5-8-10-22(4)15-16-30-28(33)26-18-25(19-29-20-26)17-23-11-13-24(14-12-23)21-31(7-3)27(32)9-6-2/h6-15,18-20H,3,5,16-17,21H2,1-2,4H3,(H,30,33)/b9-6-,10-8+,22-15+. The normalized spacial score (nSPS) is 11.7. The number of nitrogens with zero attached hydrogens (tertiary/aromatic N) is 2. The smallest absolute Gasteiger partial charge is 0.253 e. The van der Waals surface area contributed by atoms with E-state index in [1.54, 1.807) is 23.4 Å². The molecular formula is C28H33N3O2. The molecule has 2 aromatic rings. The molecule has 5 nitrogen and oxygen atoms in total. The molecule has 1 heterocycles. The predicted octanol–water partition coefficient (Wildman–Crippen LogP) is 5.36. The van der Waals surface area contributed by atoms with E-state index in [1.165, 1.54) is 12.3 Å². The molecule has 5 heteroatoms. The predicted molar refractivity (Wildman–Crippen MR) is 135 cm³/mol. The average molecular weight is 444 g/mol. The van der Waals surface area contributed by atoms with Gasteiger partial charge in [0.15, 0.2) is 0 Å². The summed E-state index contributed by atoms with van der Waals surface area (Å²) in [4.78, 5) is 30.3. The number of benzene rings is 1. The molecule has 2 amide bonds. The molecule has 0 saturated carbocycles. The molecule has 1 aromatic carbocycles. The molecule has 0 spiro atoms. The van der Waals surface area contributed by atoms with Crippen LogP contribution >= 0.6 is 0 Å². The molecule has 0 radical (unpaired) electrons. The van der Waals surface area contributed by atoms with E-state index in [-0.39, 0.29) is 11.8 Å². The van der Waals surface area contributed by atoms with Crippen molar-refractivity contribution in [3.05, 3.63) is 114 Å². The first-order chi connectivity index (χ1) is 16.0. The maximum atomic E-state index is 12.5. The van der Waals surface area contributed by atoms with Crippen LogP contribution in [-0.2, 0) is 17.8 Å². The van der Waals surface area contributed by atoms with Gasteiger partial charge in [-0.25, -0.2) is 0 Å². The van der Waals surface area contributed by atoms with Crippen LogP contribution in [0.25, 0.3) is 0 Å². The number of carbonyl (C=O) groups is 2. The molecule has 33 heavy (non-hydrogen) atoms. The first-order valence-corrected chi connectivity index (χ1v) is 11.2. The third kappa shape index (κ3) is 8.73. The topological polar surface area (TPSA) is 62.3 Å². The fraction of sp³-hybridized carbons (Fsp3) is 0.250. The zero-order chi connectivity index (χ0) is 24.1. The van der Waals surface area contributed by atoms with Crippen LogP contribution < -0.4 is 5.32 Å². The van der Waals surface area contributed by atoms with E-state index < -0.39 is 0 Å². The van der Waals surface area contributed by atoms with E-state index in [2.05, 4.69) is 36.0 Å². The van der Waals surface area contributed by atoms with Gasteiger partial charge in [0.1, 0.15) is 0 Å². The Balaban J connectivity index is 1.98. The minimum absolute atomic E-state index is 0.0965. The fourth-order valence-corrected chi connectivity index (χ4v) is 3.15. The largest absolute Gasteiger partial charge is 0.348 e. The van der Waals surface area contributed by atoms with E-state index in [1.807, 2.05) is 50.3 Å². The molecule has 0 fully saturated rings. The van der Waals surface area contributed by atoms with Crippen molar-refractivity contribution in [1.82, 2.24) is 15.2 Å². The Morgan fingerprint density at radius 2 is 1.82 bits per heavy atom. The van der Waals surface area contributed by atoms with Gasteiger partial charge in [0, 0.05) is 25.1 Å². The molecule has 0 bridgehead atoms. The van der Waals surface area contributed by atoms with Crippen molar-refractivity contribution in [3.8, 4) is 0 Å². The van der Waals surface area contributed by atoms with Crippen LogP contribution in [0.3, 0.4) is 0 Å². The number of hydrogen-bond donors (Lipinski definition) is 1. The van der Waals surface area contributed by atoms with Gasteiger partial charge in [-0.15, -0.1) is 0 Å². The Morgan fingerprint density at radius 3 is 2.48 bits per heavy atom. The number of carbonyl (C=O) groups excluding carboxylic acids is 2. The first-order valence-electron chi connectivity index (χ1n) is 11.2. The molecular weight excluding hydrogens is 410 g/mol. The summed E-state index contributed by atoms with van der Waals surface area (Å²) in [5, 5.41) is 2.91. The van der Waals surface area contributed by atoms with Gasteiger partial charge in [0.05, 0.1) is 12.1 Å². The van der Waals surface area contributed by atoms with Crippen LogP contribution in [0.15, 0.2) is 91.5 Å². The van der Waals surface area contributed by atoms with Crippen molar-refractivity contribution in [2.24, 2.45) is 0 Å². The number of amides is 2. The van der Waals surface area contributed by atoms with E-state index in [0.29, 0.717) is 25.1 Å². The highest BCUT2D eigenvalue weighted by molar-refractivity contribution is 5.94. The summed E-state index contributed by atoms with van der Waals surface area (Å²) in [6.07, 6.45) is 15.9. The van der Waals surface area contributed by atoms with Crippen LogP contribution in [0.1, 0.15) is 54.2 Å². The Kier molecular flexibility index (Phi) is 10.5. The van der Waals surface area contributed by atoms with Crippen LogP contribution in [0, 0.1) is 0 Å². The van der Waals surface area contributed by atoms with Crippen molar-refractivity contribution in [2.45, 2.75) is 40.2 Å². The minimum Gasteiger partial charge on any atom is -0.348 e. The summed E-state index contributed by atoms with van der Waals surface area (Å²) < 4.78 is 0. The van der Waals surface area contributed by atoms with E-state index in [0.717, 1.165) is 28.7 Å². The zero-order valence-corrected chi connectivity index (χ0v) is 19.8. The van der Waals surface area contributed by atoms with Crippen LogP contribution in [-0.4, -0.2) is 28.2 Å². The van der Waals surface area contributed by atoms with Gasteiger partial charge in [-0.3, -0.25) is 14.6 Å². The van der Waals surface area contributed by atoms with Crippen LogP contribution in [0.5, 0.6) is 0 Å². The summed E-state index contributed by atoms with van der Waals surface area (Å²) >= 11 is 0. The molecule has 0 unspecified atom stereocenters. The molecule has 2 rings (SSSR count). The lowest BCUT2D eigenvalue weighted by atomic mass is 10.0.